The molecule has 2 heteroatoms. The van der Waals surface area contributed by atoms with E-state index < -0.39 is 0 Å². The molecule has 0 N–H and O–H groups in total. The van der Waals surface area contributed by atoms with E-state index in [4.69, 9.17) is 0 Å². The van der Waals surface area contributed by atoms with Crippen molar-refractivity contribution in [1.29, 1.82) is 0 Å². The van der Waals surface area contributed by atoms with Crippen molar-refractivity contribution in [2.45, 2.75) is 70.9 Å². The normalized spacial score (nSPS) is 21.4. The van der Waals surface area contributed by atoms with E-state index in [1.807, 2.05) is 0 Å². The number of fused-ring (bicyclic) bond motifs is 2. The molecule has 222 valence electrons. The Morgan fingerprint density at radius 3 is 1.57 bits per heavy atom. The van der Waals surface area contributed by atoms with Crippen LogP contribution in [0.1, 0.15) is 76.3 Å². The Balaban J connectivity index is 1.33. The minimum atomic E-state index is 0.124. The minimum absolute atomic E-state index is 0.124. The Bertz CT molecular complexity index is 1730. The first-order valence-electron chi connectivity index (χ1n) is 16.1. The second-order valence-electron chi connectivity index (χ2n) is 14.7. The molecule has 4 aromatic carbocycles. The van der Waals surface area contributed by atoms with Gasteiger partial charge in [-0.05, 0) is 69.3 Å². The second-order valence-corrected chi connectivity index (χ2v) is 14.7. The van der Waals surface area contributed by atoms with Gasteiger partial charge in [-0.1, -0.05) is 145 Å². The summed E-state index contributed by atoms with van der Waals surface area (Å²) in [7, 11) is 0. The van der Waals surface area contributed by atoms with E-state index in [2.05, 4.69) is 179 Å². The zero-order chi connectivity index (χ0) is 30.6. The van der Waals surface area contributed by atoms with Crippen molar-refractivity contribution in [3.05, 3.63) is 161 Å². The lowest BCUT2D eigenvalue weighted by molar-refractivity contribution is 0.590. The monoisotopic (exact) mass is 576 g/mol. The van der Waals surface area contributed by atoms with Crippen LogP contribution in [0.25, 0.3) is 5.70 Å². The summed E-state index contributed by atoms with van der Waals surface area (Å²) in [6, 6.07) is 41.0. The van der Waals surface area contributed by atoms with E-state index in [0.29, 0.717) is 0 Å². The highest BCUT2D eigenvalue weighted by Gasteiger charge is 2.42. The van der Waals surface area contributed by atoms with Crippen molar-refractivity contribution < 1.29 is 0 Å². The maximum Gasteiger partial charge on any atom is 0.0632 e. The highest BCUT2D eigenvalue weighted by molar-refractivity contribution is 5.85. The number of anilines is 2. The summed E-state index contributed by atoms with van der Waals surface area (Å²) >= 11 is 0. The number of hydrogen-bond donors (Lipinski definition) is 0. The third-order valence-corrected chi connectivity index (χ3v) is 9.61. The van der Waals surface area contributed by atoms with E-state index in [1.54, 1.807) is 0 Å². The van der Waals surface area contributed by atoms with Gasteiger partial charge in [-0.25, -0.2) is 0 Å². The fourth-order valence-corrected chi connectivity index (χ4v) is 7.14. The molecule has 0 amide bonds. The molecule has 1 aliphatic carbocycles. The van der Waals surface area contributed by atoms with Crippen LogP contribution in [0.2, 0.25) is 0 Å². The smallest absolute Gasteiger partial charge is 0.0632 e. The molecule has 2 aliphatic heterocycles. The number of allylic oxidation sites excluding steroid dienone is 1. The van der Waals surface area contributed by atoms with Crippen LogP contribution >= 0.6 is 0 Å². The van der Waals surface area contributed by atoms with Crippen LogP contribution in [0.4, 0.5) is 11.4 Å². The Labute approximate surface area is 264 Å². The minimum Gasteiger partial charge on any atom is -0.334 e. The largest absolute Gasteiger partial charge is 0.334 e. The molecule has 3 aliphatic rings. The van der Waals surface area contributed by atoms with Crippen molar-refractivity contribution in [1.82, 2.24) is 0 Å². The van der Waals surface area contributed by atoms with Crippen LogP contribution in [-0.4, -0.2) is 6.04 Å². The molecule has 0 bridgehead atoms. The summed E-state index contributed by atoms with van der Waals surface area (Å²) in [5.74, 6) is 0.275. The molecule has 2 heterocycles. The summed E-state index contributed by atoms with van der Waals surface area (Å²) in [5.41, 5.74) is 12.2. The quantitative estimate of drug-likeness (QED) is 0.238. The molecule has 0 spiro atoms. The molecule has 3 atom stereocenters. The third kappa shape index (κ3) is 5.11. The van der Waals surface area contributed by atoms with Crippen LogP contribution in [0, 0.1) is 5.92 Å². The third-order valence-electron chi connectivity index (χ3n) is 9.61. The van der Waals surface area contributed by atoms with E-state index in [-0.39, 0.29) is 28.8 Å². The summed E-state index contributed by atoms with van der Waals surface area (Å²) in [5, 5.41) is 0. The Morgan fingerprint density at radius 2 is 1.02 bits per heavy atom. The van der Waals surface area contributed by atoms with Crippen LogP contribution in [0.3, 0.4) is 0 Å². The molecular weight excluding hydrogens is 532 g/mol. The SMILES string of the molecule is CC(C)(C)c1ccc(N2C3=CC4C=C(c5ccccc5)N(c5ccc(C(C)(C)C)cc5)C4C=C3CC2c2ccccc2)cc1. The molecule has 4 aromatic rings. The molecule has 1 fully saturated rings. The van der Waals surface area contributed by atoms with Gasteiger partial charge < -0.3 is 9.80 Å². The highest BCUT2D eigenvalue weighted by atomic mass is 15.2. The van der Waals surface area contributed by atoms with E-state index in [0.717, 1.165) is 6.42 Å². The van der Waals surface area contributed by atoms with Crippen molar-refractivity contribution in [3.8, 4) is 0 Å². The molecule has 3 unspecified atom stereocenters. The maximum atomic E-state index is 2.60. The molecule has 2 nitrogen and oxygen atoms in total. The van der Waals surface area contributed by atoms with Crippen LogP contribution in [0.15, 0.2) is 139 Å². The fourth-order valence-electron chi connectivity index (χ4n) is 7.14. The van der Waals surface area contributed by atoms with E-state index in [9.17, 15) is 0 Å². The van der Waals surface area contributed by atoms with Gasteiger partial charge in [0.25, 0.3) is 0 Å². The lowest BCUT2D eigenvalue weighted by Gasteiger charge is -2.34. The molecule has 44 heavy (non-hydrogen) atoms. The van der Waals surface area contributed by atoms with Gasteiger partial charge in [-0.3, -0.25) is 0 Å². The van der Waals surface area contributed by atoms with Gasteiger partial charge in [0.15, 0.2) is 0 Å². The molecule has 0 radical (unpaired) electrons. The second kappa shape index (κ2) is 10.7. The zero-order valence-corrected chi connectivity index (χ0v) is 27.0. The number of benzene rings is 4. The highest BCUT2D eigenvalue weighted by Crippen LogP contribution is 2.51. The predicted molar refractivity (Wildman–Crippen MR) is 187 cm³/mol. The van der Waals surface area contributed by atoms with Gasteiger partial charge in [-0.2, -0.15) is 0 Å². The lowest BCUT2D eigenvalue weighted by Crippen LogP contribution is -2.34. The van der Waals surface area contributed by atoms with Crippen molar-refractivity contribution in [3.63, 3.8) is 0 Å². The van der Waals surface area contributed by atoms with Gasteiger partial charge in [0.05, 0.1) is 12.1 Å². The Hall–Kier alpha value is -4.30. The summed E-state index contributed by atoms with van der Waals surface area (Å²) in [6.45, 7) is 13.7. The first-order chi connectivity index (χ1) is 21.1. The van der Waals surface area contributed by atoms with Gasteiger partial charge >= 0.3 is 0 Å². The number of nitrogens with zero attached hydrogens (tertiary/aromatic N) is 2. The van der Waals surface area contributed by atoms with Crippen molar-refractivity contribution in [2.24, 2.45) is 5.92 Å². The molecule has 1 saturated heterocycles. The van der Waals surface area contributed by atoms with Crippen molar-refractivity contribution in [2.75, 3.05) is 9.80 Å². The standard InChI is InChI=1S/C42H44N2/c1-41(2,3)33-17-21-35(22-18-33)43-37(29-13-9-7-10-14-29)25-31-28-40-32(27-39(31)43)26-38(30-15-11-8-12-16-30)44(40)36-23-19-34(20-24-36)42(4,5)6/h7-25,27-28,31,38-39H,26H2,1-6H3. The molecule has 7 rings (SSSR count). The maximum absolute atomic E-state index is 2.60. The van der Waals surface area contributed by atoms with Gasteiger partial charge in [0, 0.05) is 28.7 Å². The van der Waals surface area contributed by atoms with Crippen LogP contribution < -0.4 is 9.80 Å². The number of rotatable bonds is 4. The number of hydrogen-bond acceptors (Lipinski definition) is 2. The van der Waals surface area contributed by atoms with Gasteiger partial charge in [0.2, 0.25) is 0 Å². The predicted octanol–water partition coefficient (Wildman–Crippen LogP) is 10.6. The Kier molecular flexibility index (Phi) is 6.92. The van der Waals surface area contributed by atoms with Gasteiger partial charge in [0.1, 0.15) is 0 Å². The van der Waals surface area contributed by atoms with Gasteiger partial charge in [-0.15, -0.1) is 0 Å². The zero-order valence-electron chi connectivity index (χ0n) is 27.0. The summed E-state index contributed by atoms with van der Waals surface area (Å²) in [4.78, 5) is 5.17. The summed E-state index contributed by atoms with van der Waals surface area (Å²) < 4.78 is 0. The average molecular weight is 577 g/mol. The van der Waals surface area contributed by atoms with E-state index >= 15 is 0 Å². The van der Waals surface area contributed by atoms with E-state index in [1.165, 1.54) is 50.6 Å². The summed E-state index contributed by atoms with van der Waals surface area (Å²) in [6.07, 6.45) is 8.61. The average Bonchev–Trinajstić information content (AvgIpc) is 3.58. The lowest BCUT2D eigenvalue weighted by atomic mass is 9.86. The Morgan fingerprint density at radius 1 is 0.523 bits per heavy atom. The fraction of sp³-hybridized carbons (Fsp3) is 0.286. The molecular formula is C42H44N2. The molecule has 0 saturated carbocycles. The van der Waals surface area contributed by atoms with Crippen molar-refractivity contribution >= 4 is 17.1 Å². The van der Waals surface area contributed by atoms with Crippen LogP contribution in [0.5, 0.6) is 0 Å². The first-order valence-corrected chi connectivity index (χ1v) is 16.1. The van der Waals surface area contributed by atoms with Crippen LogP contribution in [-0.2, 0) is 10.8 Å². The first kappa shape index (κ1) is 28.5. The molecule has 0 aromatic heterocycles. The topological polar surface area (TPSA) is 6.48 Å².